The van der Waals surface area contributed by atoms with Crippen molar-refractivity contribution in [1.82, 2.24) is 4.90 Å². The van der Waals surface area contributed by atoms with Crippen molar-refractivity contribution in [2.45, 2.75) is 46.7 Å². The summed E-state index contributed by atoms with van der Waals surface area (Å²) in [4.78, 5) is 13.1. The highest BCUT2D eigenvalue weighted by molar-refractivity contribution is 5.77. The van der Waals surface area contributed by atoms with Crippen LogP contribution in [0.25, 0.3) is 0 Å². The van der Waals surface area contributed by atoms with Gasteiger partial charge >= 0.3 is 5.97 Å². The Morgan fingerprint density at radius 2 is 1.78 bits per heavy atom. The van der Waals surface area contributed by atoms with Gasteiger partial charge in [0.15, 0.2) is 0 Å². The van der Waals surface area contributed by atoms with Crippen LogP contribution in [-0.4, -0.2) is 28.6 Å². The lowest BCUT2D eigenvalue weighted by Gasteiger charge is -2.32. The number of aryl methyl sites for hydroxylation is 1. The fourth-order valence-corrected chi connectivity index (χ4v) is 1.80. The summed E-state index contributed by atoms with van der Waals surface area (Å²) in [5, 5.41) is 9.22. The molecule has 0 fully saturated rings. The van der Waals surface area contributed by atoms with Crippen LogP contribution in [0.2, 0.25) is 0 Å². The molecule has 1 aromatic carbocycles. The van der Waals surface area contributed by atoms with Crippen molar-refractivity contribution in [3.8, 4) is 0 Å². The van der Waals surface area contributed by atoms with Gasteiger partial charge in [-0.15, -0.1) is 0 Å². The molecule has 0 spiro atoms. The van der Waals surface area contributed by atoms with Crippen molar-refractivity contribution >= 4 is 5.97 Å². The Hall–Kier alpha value is -1.35. The third kappa shape index (κ3) is 2.72. The molecule has 0 radical (unpaired) electrons. The predicted molar refractivity (Wildman–Crippen MR) is 73.8 cm³/mol. The second-order valence-corrected chi connectivity index (χ2v) is 5.51. The van der Waals surface area contributed by atoms with Crippen LogP contribution in [0.5, 0.6) is 0 Å². The van der Waals surface area contributed by atoms with Gasteiger partial charge in [-0.2, -0.15) is 0 Å². The molecule has 1 rings (SSSR count). The summed E-state index contributed by atoms with van der Waals surface area (Å²) in [5.74, 6) is -0.800. The molecule has 0 aromatic heterocycles. The monoisotopic (exact) mass is 249 g/mol. The molecule has 0 amide bonds. The third-order valence-corrected chi connectivity index (χ3v) is 4.06. The Morgan fingerprint density at radius 3 is 2.28 bits per heavy atom. The van der Waals surface area contributed by atoms with Gasteiger partial charge in [0.25, 0.3) is 0 Å². The van der Waals surface area contributed by atoms with E-state index in [1.807, 2.05) is 11.9 Å². The molecule has 3 nitrogen and oxygen atoms in total. The third-order valence-electron chi connectivity index (χ3n) is 4.06. The van der Waals surface area contributed by atoms with Gasteiger partial charge in [0, 0.05) is 6.54 Å². The highest BCUT2D eigenvalue weighted by Gasteiger charge is 2.32. The van der Waals surface area contributed by atoms with Gasteiger partial charge in [0.1, 0.15) is 5.54 Å². The summed E-state index contributed by atoms with van der Waals surface area (Å²) >= 11 is 0. The van der Waals surface area contributed by atoms with Crippen LogP contribution in [0.1, 0.15) is 36.1 Å². The van der Waals surface area contributed by atoms with Gasteiger partial charge in [0.2, 0.25) is 0 Å². The number of benzene rings is 1. The van der Waals surface area contributed by atoms with Gasteiger partial charge in [-0.25, -0.2) is 0 Å². The predicted octanol–water partition coefficient (Wildman–Crippen LogP) is 2.91. The quantitative estimate of drug-likeness (QED) is 0.892. The van der Waals surface area contributed by atoms with Crippen LogP contribution in [-0.2, 0) is 11.3 Å². The number of likely N-dealkylation sites (N-methyl/N-ethyl adjacent to an activating group) is 1. The average molecular weight is 249 g/mol. The van der Waals surface area contributed by atoms with Crippen LogP contribution in [0.4, 0.5) is 0 Å². The zero-order valence-corrected chi connectivity index (χ0v) is 12.2. The summed E-state index contributed by atoms with van der Waals surface area (Å²) in [5.41, 5.74) is 4.15. The van der Waals surface area contributed by atoms with Crippen molar-refractivity contribution in [3.63, 3.8) is 0 Å². The number of carboxylic acid groups (broad SMARTS) is 1. The Morgan fingerprint density at radius 1 is 1.22 bits per heavy atom. The van der Waals surface area contributed by atoms with Crippen LogP contribution < -0.4 is 0 Å². The molecule has 0 heterocycles. The van der Waals surface area contributed by atoms with E-state index in [0.717, 1.165) is 0 Å². The van der Waals surface area contributed by atoms with E-state index >= 15 is 0 Å². The maximum Gasteiger partial charge on any atom is 0.323 e. The molecule has 0 aliphatic carbocycles. The number of nitrogens with zero attached hydrogens (tertiary/aromatic N) is 1. The lowest BCUT2D eigenvalue weighted by atomic mass is 9.97. The lowest BCUT2D eigenvalue weighted by molar-refractivity contribution is -0.148. The highest BCUT2D eigenvalue weighted by atomic mass is 16.4. The number of carboxylic acids is 1. The van der Waals surface area contributed by atoms with E-state index in [4.69, 9.17) is 0 Å². The summed E-state index contributed by atoms with van der Waals surface area (Å²) < 4.78 is 0. The van der Waals surface area contributed by atoms with Gasteiger partial charge in [0.05, 0.1) is 0 Å². The lowest BCUT2D eigenvalue weighted by Crippen LogP contribution is -2.47. The molecule has 1 aromatic rings. The zero-order valence-electron chi connectivity index (χ0n) is 12.2. The smallest absolute Gasteiger partial charge is 0.323 e. The number of carbonyl (C=O) groups is 1. The molecule has 18 heavy (non-hydrogen) atoms. The first-order chi connectivity index (χ1) is 8.17. The van der Waals surface area contributed by atoms with Crippen LogP contribution >= 0.6 is 0 Å². The van der Waals surface area contributed by atoms with Crippen LogP contribution in [0.3, 0.4) is 0 Å². The van der Waals surface area contributed by atoms with E-state index in [9.17, 15) is 9.90 Å². The van der Waals surface area contributed by atoms with Gasteiger partial charge in [-0.1, -0.05) is 12.1 Å². The van der Waals surface area contributed by atoms with Gasteiger partial charge < -0.3 is 5.11 Å². The first-order valence-electron chi connectivity index (χ1n) is 6.18. The summed E-state index contributed by atoms with van der Waals surface area (Å²) in [6.07, 6.45) is 0. The molecule has 0 atom stereocenters. The molecular weight excluding hydrogens is 226 g/mol. The van der Waals surface area contributed by atoms with E-state index in [1.165, 1.54) is 22.3 Å². The molecule has 0 saturated carbocycles. The van der Waals surface area contributed by atoms with Crippen LogP contribution in [0.15, 0.2) is 12.1 Å². The fourth-order valence-electron chi connectivity index (χ4n) is 1.80. The molecular formula is C15H23NO2. The second-order valence-electron chi connectivity index (χ2n) is 5.51. The standard InChI is InChI=1S/C15H23NO2/c1-10-7-8-13(12(3)11(10)2)9-16(6)15(4,5)14(17)18/h7-8H,9H2,1-6H3,(H,17,18). The maximum atomic E-state index is 11.2. The van der Waals surface area contributed by atoms with Crippen molar-refractivity contribution < 1.29 is 9.90 Å². The number of rotatable bonds is 4. The summed E-state index contributed by atoms with van der Waals surface area (Å²) in [6.45, 7) is 10.4. The minimum Gasteiger partial charge on any atom is -0.480 e. The Labute approximate surface area is 109 Å². The van der Waals surface area contributed by atoms with Gasteiger partial charge in [-0.05, 0) is 63.9 Å². The van der Waals surface area contributed by atoms with Crippen molar-refractivity contribution in [2.24, 2.45) is 0 Å². The van der Waals surface area contributed by atoms with E-state index in [0.29, 0.717) is 6.54 Å². The van der Waals surface area contributed by atoms with E-state index in [1.54, 1.807) is 13.8 Å². The van der Waals surface area contributed by atoms with Crippen molar-refractivity contribution in [1.29, 1.82) is 0 Å². The van der Waals surface area contributed by atoms with E-state index in [-0.39, 0.29) is 0 Å². The largest absolute Gasteiger partial charge is 0.480 e. The Bertz CT molecular complexity index is 464. The topological polar surface area (TPSA) is 40.5 Å². The molecule has 0 aliphatic heterocycles. The molecule has 3 heteroatoms. The minimum absolute atomic E-state index is 0.645. The first kappa shape index (κ1) is 14.7. The Kier molecular flexibility index (Phi) is 4.17. The molecule has 0 aliphatic rings. The molecule has 0 bridgehead atoms. The molecule has 0 unspecified atom stereocenters. The molecule has 100 valence electrons. The van der Waals surface area contributed by atoms with E-state index < -0.39 is 11.5 Å². The normalized spacial score (nSPS) is 11.9. The number of aliphatic carboxylic acids is 1. The first-order valence-corrected chi connectivity index (χ1v) is 6.18. The van der Waals surface area contributed by atoms with Gasteiger partial charge in [-0.3, -0.25) is 9.69 Å². The Balaban J connectivity index is 2.99. The molecule has 1 N–H and O–H groups in total. The second kappa shape index (κ2) is 5.11. The highest BCUT2D eigenvalue weighted by Crippen LogP contribution is 2.21. The van der Waals surface area contributed by atoms with Crippen molar-refractivity contribution in [3.05, 3.63) is 34.4 Å². The molecule has 0 saturated heterocycles. The number of hydrogen-bond donors (Lipinski definition) is 1. The van der Waals surface area contributed by atoms with E-state index in [2.05, 4.69) is 32.9 Å². The van der Waals surface area contributed by atoms with Crippen LogP contribution in [0, 0.1) is 20.8 Å². The maximum absolute atomic E-state index is 11.2. The minimum atomic E-state index is -0.856. The number of hydrogen-bond acceptors (Lipinski definition) is 2. The van der Waals surface area contributed by atoms with Crippen molar-refractivity contribution in [2.75, 3.05) is 7.05 Å². The average Bonchev–Trinajstić information content (AvgIpc) is 2.29. The summed E-state index contributed by atoms with van der Waals surface area (Å²) in [7, 11) is 1.85. The fraction of sp³-hybridized carbons (Fsp3) is 0.533. The summed E-state index contributed by atoms with van der Waals surface area (Å²) in [6, 6.07) is 4.19. The SMILES string of the molecule is Cc1ccc(CN(C)C(C)(C)C(=O)O)c(C)c1C. The zero-order chi connectivity index (χ0) is 14.1.